The maximum atomic E-state index is 12.7. The Morgan fingerprint density at radius 3 is 2.76 bits per heavy atom. The lowest BCUT2D eigenvalue weighted by Gasteiger charge is -1.96. The molecule has 17 heavy (non-hydrogen) atoms. The van der Waals surface area contributed by atoms with Gasteiger partial charge in [0, 0.05) is 5.56 Å². The van der Waals surface area contributed by atoms with Crippen molar-refractivity contribution in [1.82, 2.24) is 4.98 Å². The second-order valence-electron chi connectivity index (χ2n) is 3.44. The van der Waals surface area contributed by atoms with Crippen molar-refractivity contribution in [2.45, 2.75) is 6.10 Å². The first-order valence-electron chi connectivity index (χ1n) is 4.93. The van der Waals surface area contributed by atoms with Gasteiger partial charge in [-0.05, 0) is 24.3 Å². The highest BCUT2D eigenvalue weighted by molar-refractivity contribution is 5.52. The minimum atomic E-state index is -0.953. The van der Waals surface area contributed by atoms with E-state index in [2.05, 4.69) is 9.83 Å². The molecule has 1 atom stereocenters. The molecule has 1 aromatic heterocycles. The predicted molar refractivity (Wildman–Crippen MR) is 58.3 cm³/mol. The van der Waals surface area contributed by atoms with Gasteiger partial charge in [0.1, 0.15) is 17.8 Å². The first-order chi connectivity index (χ1) is 8.20. The summed E-state index contributed by atoms with van der Waals surface area (Å²) in [5.41, 5.74) is 0.924. The molecule has 2 rings (SSSR count). The maximum absolute atomic E-state index is 12.7. The summed E-state index contributed by atoms with van der Waals surface area (Å²) in [6, 6.07) is 5.67. The number of aliphatic hydroxyl groups is 1. The fourth-order valence-corrected chi connectivity index (χ4v) is 1.34. The van der Waals surface area contributed by atoms with Gasteiger partial charge in [-0.2, -0.15) is 0 Å². The van der Waals surface area contributed by atoms with E-state index in [1.165, 1.54) is 30.5 Å². The van der Waals surface area contributed by atoms with Crippen LogP contribution in [0.15, 0.2) is 34.9 Å². The number of aliphatic hydroxyl groups excluding tert-OH is 1. The summed E-state index contributed by atoms with van der Waals surface area (Å²) in [6.07, 6.45) is 0.347. The maximum Gasteiger partial charge on any atom is 0.246 e. The number of hydrogen-bond donors (Lipinski definition) is 1. The number of oxazole rings is 1. The van der Waals surface area contributed by atoms with E-state index in [4.69, 9.17) is 11.0 Å². The van der Waals surface area contributed by atoms with E-state index in [-0.39, 0.29) is 12.4 Å². The molecular formula is C12H9FN2O2. The minimum absolute atomic E-state index is 0.0601. The summed E-state index contributed by atoms with van der Waals surface area (Å²) < 4.78 is 17.9. The van der Waals surface area contributed by atoms with E-state index in [0.29, 0.717) is 17.1 Å². The first-order valence-corrected chi connectivity index (χ1v) is 4.93. The Morgan fingerprint density at radius 1 is 1.41 bits per heavy atom. The van der Waals surface area contributed by atoms with Gasteiger partial charge in [-0.15, -0.1) is 0 Å². The van der Waals surface area contributed by atoms with Crippen LogP contribution in [0.2, 0.25) is 0 Å². The molecular weight excluding hydrogens is 223 g/mol. The van der Waals surface area contributed by atoms with Gasteiger partial charge in [0.05, 0.1) is 0 Å². The van der Waals surface area contributed by atoms with Crippen molar-refractivity contribution in [1.29, 1.82) is 0 Å². The highest BCUT2D eigenvalue weighted by atomic mass is 19.1. The Kier molecular flexibility index (Phi) is 3.17. The molecule has 0 aliphatic rings. The molecule has 0 aliphatic heterocycles. The van der Waals surface area contributed by atoms with Gasteiger partial charge in [0.2, 0.25) is 12.4 Å². The summed E-state index contributed by atoms with van der Waals surface area (Å²) in [5, 5.41) is 9.53. The zero-order valence-electron chi connectivity index (χ0n) is 8.80. The van der Waals surface area contributed by atoms with Crippen molar-refractivity contribution in [3.05, 3.63) is 53.5 Å². The second kappa shape index (κ2) is 4.76. The van der Waals surface area contributed by atoms with Gasteiger partial charge >= 0.3 is 0 Å². The molecule has 0 fully saturated rings. The standard InChI is InChI=1S/C12H9FN2O2/c1-14-6-11(16)10-7-17-12(15-10)8-2-4-9(13)5-3-8/h2-5,7,11,16H,6H2. The normalized spacial score (nSPS) is 12.1. The van der Waals surface area contributed by atoms with Crippen molar-refractivity contribution in [2.24, 2.45) is 0 Å². The number of hydrogen-bond acceptors (Lipinski definition) is 3. The van der Waals surface area contributed by atoms with Gasteiger partial charge in [-0.25, -0.2) is 15.9 Å². The Bertz CT molecular complexity index is 542. The number of aromatic nitrogens is 1. The van der Waals surface area contributed by atoms with Crippen molar-refractivity contribution in [3.63, 3.8) is 0 Å². The second-order valence-corrected chi connectivity index (χ2v) is 3.44. The molecule has 1 unspecified atom stereocenters. The molecule has 0 bridgehead atoms. The highest BCUT2D eigenvalue weighted by Crippen LogP contribution is 2.21. The van der Waals surface area contributed by atoms with Crippen LogP contribution in [0.1, 0.15) is 11.8 Å². The zero-order chi connectivity index (χ0) is 12.3. The molecule has 0 radical (unpaired) electrons. The minimum Gasteiger partial charge on any atom is -0.444 e. The van der Waals surface area contributed by atoms with E-state index in [9.17, 15) is 9.50 Å². The Balaban J connectivity index is 2.24. The third-order valence-electron chi connectivity index (χ3n) is 2.22. The van der Waals surface area contributed by atoms with Crippen LogP contribution >= 0.6 is 0 Å². The van der Waals surface area contributed by atoms with Gasteiger partial charge in [0.15, 0.2) is 6.10 Å². The molecule has 0 spiro atoms. The topological polar surface area (TPSA) is 50.6 Å². The smallest absolute Gasteiger partial charge is 0.246 e. The van der Waals surface area contributed by atoms with Crippen LogP contribution in [0, 0.1) is 12.4 Å². The van der Waals surface area contributed by atoms with Crippen molar-refractivity contribution in [3.8, 4) is 11.5 Å². The van der Waals surface area contributed by atoms with E-state index in [0.717, 1.165) is 0 Å². The number of halogens is 1. The quantitative estimate of drug-likeness (QED) is 0.827. The SMILES string of the molecule is [C-]#[N+]CC(O)c1coc(-c2ccc(F)cc2)n1. The average Bonchev–Trinajstić information content (AvgIpc) is 2.80. The largest absolute Gasteiger partial charge is 0.444 e. The molecule has 86 valence electrons. The van der Waals surface area contributed by atoms with Crippen molar-refractivity contribution < 1.29 is 13.9 Å². The lowest BCUT2D eigenvalue weighted by molar-refractivity contribution is 0.190. The summed E-state index contributed by atoms with van der Waals surface area (Å²) in [7, 11) is 0. The third kappa shape index (κ3) is 2.49. The molecule has 2 aromatic rings. The number of rotatable bonds is 3. The van der Waals surface area contributed by atoms with Gasteiger partial charge in [0.25, 0.3) is 0 Å². The summed E-state index contributed by atoms with van der Waals surface area (Å²) in [6.45, 7) is 6.58. The van der Waals surface area contributed by atoms with Crippen LogP contribution in [-0.4, -0.2) is 16.6 Å². The van der Waals surface area contributed by atoms with Crippen molar-refractivity contribution in [2.75, 3.05) is 6.54 Å². The van der Waals surface area contributed by atoms with Crippen molar-refractivity contribution >= 4 is 0 Å². The molecule has 1 heterocycles. The van der Waals surface area contributed by atoms with Crippen LogP contribution in [0.5, 0.6) is 0 Å². The lowest BCUT2D eigenvalue weighted by atomic mass is 10.2. The summed E-state index contributed by atoms with van der Waals surface area (Å²) in [4.78, 5) is 7.12. The molecule has 0 saturated carbocycles. The lowest BCUT2D eigenvalue weighted by Crippen LogP contribution is -2.00. The van der Waals surface area contributed by atoms with Gasteiger partial charge < -0.3 is 14.4 Å². The molecule has 5 heteroatoms. The average molecular weight is 232 g/mol. The molecule has 1 N–H and O–H groups in total. The van der Waals surface area contributed by atoms with Gasteiger partial charge in [-0.3, -0.25) is 0 Å². The monoisotopic (exact) mass is 232 g/mol. The van der Waals surface area contributed by atoms with E-state index < -0.39 is 6.10 Å². The summed E-state index contributed by atoms with van der Waals surface area (Å²) in [5.74, 6) is -0.0439. The molecule has 1 aromatic carbocycles. The number of benzene rings is 1. The Hall–Kier alpha value is -2.19. The van der Waals surface area contributed by atoms with E-state index in [1.807, 2.05) is 0 Å². The Labute approximate surface area is 97.2 Å². The predicted octanol–water partition coefficient (Wildman–Crippen LogP) is 2.43. The van der Waals surface area contributed by atoms with Crippen LogP contribution in [-0.2, 0) is 0 Å². The Morgan fingerprint density at radius 2 is 2.12 bits per heavy atom. The zero-order valence-corrected chi connectivity index (χ0v) is 8.80. The van der Waals surface area contributed by atoms with Gasteiger partial charge in [-0.1, -0.05) is 0 Å². The van der Waals surface area contributed by atoms with E-state index >= 15 is 0 Å². The molecule has 0 saturated heterocycles. The van der Waals surface area contributed by atoms with Crippen LogP contribution < -0.4 is 0 Å². The first kappa shape index (κ1) is 11.3. The summed E-state index contributed by atoms with van der Waals surface area (Å²) >= 11 is 0. The van der Waals surface area contributed by atoms with Crippen LogP contribution in [0.4, 0.5) is 4.39 Å². The van der Waals surface area contributed by atoms with Crippen LogP contribution in [0.25, 0.3) is 16.3 Å². The molecule has 0 amide bonds. The highest BCUT2D eigenvalue weighted by Gasteiger charge is 2.16. The third-order valence-corrected chi connectivity index (χ3v) is 2.22. The fraction of sp³-hybridized carbons (Fsp3) is 0.167. The van der Waals surface area contributed by atoms with Crippen LogP contribution in [0.3, 0.4) is 0 Å². The molecule has 4 nitrogen and oxygen atoms in total. The molecule has 0 aliphatic carbocycles. The number of nitrogens with zero attached hydrogens (tertiary/aromatic N) is 2. The van der Waals surface area contributed by atoms with E-state index in [1.54, 1.807) is 0 Å². The fourth-order valence-electron chi connectivity index (χ4n) is 1.34.